The summed E-state index contributed by atoms with van der Waals surface area (Å²) in [6.07, 6.45) is 0. The number of rotatable bonds is 8. The molecule has 0 saturated heterocycles. The monoisotopic (exact) mass is 800 g/mol. The molecule has 0 radical (unpaired) electrons. The van der Waals surface area contributed by atoms with E-state index >= 15 is 0 Å². The van der Waals surface area contributed by atoms with Crippen LogP contribution in [0.15, 0.2) is 158 Å². The number of anilines is 6. The first-order valence-electron chi connectivity index (χ1n) is 21.2. The van der Waals surface area contributed by atoms with E-state index in [4.69, 9.17) is 0 Å². The van der Waals surface area contributed by atoms with Crippen LogP contribution >= 0.6 is 0 Å². The van der Waals surface area contributed by atoms with Crippen molar-refractivity contribution in [2.45, 2.75) is 71.6 Å². The van der Waals surface area contributed by atoms with Crippen molar-refractivity contribution in [3.8, 4) is 11.1 Å². The largest absolute Gasteiger partial charge is 0.310 e. The molecule has 4 heteroatoms. The third kappa shape index (κ3) is 6.19. The van der Waals surface area contributed by atoms with Gasteiger partial charge in [-0.05, 0) is 154 Å². The van der Waals surface area contributed by atoms with Gasteiger partial charge >= 0.3 is 0 Å². The Morgan fingerprint density at radius 2 is 0.763 bits per heavy atom. The zero-order valence-corrected chi connectivity index (χ0v) is 38.4. The lowest BCUT2D eigenvalue weighted by atomic mass is 9.97. The summed E-state index contributed by atoms with van der Waals surface area (Å²) in [6, 6.07) is 59.6. The van der Waals surface area contributed by atoms with Gasteiger partial charge in [-0.2, -0.15) is 0 Å². The number of hydrogen-bond acceptors (Lipinski definition) is 2. The fourth-order valence-corrected chi connectivity index (χ4v) is 23.9. The summed E-state index contributed by atoms with van der Waals surface area (Å²) < 4.78 is -0.0365. The highest BCUT2D eigenvalue weighted by molar-refractivity contribution is 7.00. The smallest absolute Gasteiger partial charge is 0.0579 e. The molecular weight excluding hydrogens is 745 g/mol. The van der Waals surface area contributed by atoms with Gasteiger partial charge in [0.2, 0.25) is 0 Å². The molecule has 1 aliphatic rings. The quantitative estimate of drug-likeness (QED) is 0.141. The molecule has 8 aromatic rings. The Kier molecular flexibility index (Phi) is 9.37. The van der Waals surface area contributed by atoms with E-state index in [1.54, 1.807) is 11.1 Å². The molecule has 0 atom stereocenters. The van der Waals surface area contributed by atoms with Crippen LogP contribution < -0.4 is 9.80 Å². The molecule has 9 rings (SSSR count). The molecule has 2 nitrogen and oxygen atoms in total. The zero-order chi connectivity index (χ0) is 41.4. The molecule has 8 aromatic carbocycles. The van der Waals surface area contributed by atoms with Crippen LogP contribution in [-0.4, -0.2) is 16.1 Å². The summed E-state index contributed by atoms with van der Waals surface area (Å²) in [5.74, 6) is 0. The maximum atomic E-state index is 2.64. The van der Waals surface area contributed by atoms with E-state index < -0.39 is 16.1 Å². The SMILES string of the molecule is Cc1ccc(C)c(N(c2ccccc2)c2ccc3c4c(ccc3c2)-c2ccc3cc(N(c5ccccc5)c5cc(C)ccc5C)ccc3c2C4([Si](C)(C)C)[Si](C)(C)C)c1. The van der Waals surface area contributed by atoms with Crippen molar-refractivity contribution >= 4 is 71.8 Å². The molecule has 0 heterocycles. The zero-order valence-electron chi connectivity index (χ0n) is 36.4. The maximum Gasteiger partial charge on any atom is 0.0579 e. The van der Waals surface area contributed by atoms with E-state index in [9.17, 15) is 0 Å². The number of para-hydroxylation sites is 2. The molecule has 0 N–H and O–H groups in total. The van der Waals surface area contributed by atoms with Gasteiger partial charge < -0.3 is 9.80 Å². The van der Waals surface area contributed by atoms with Crippen LogP contribution in [0.25, 0.3) is 32.7 Å². The number of hydrogen-bond donors (Lipinski definition) is 0. The number of nitrogens with zero attached hydrogens (tertiary/aromatic N) is 2. The number of fused-ring (bicyclic) bond motifs is 7. The van der Waals surface area contributed by atoms with Crippen molar-refractivity contribution in [2.75, 3.05) is 9.80 Å². The molecule has 0 bridgehead atoms. The van der Waals surface area contributed by atoms with Gasteiger partial charge in [0.05, 0.1) is 16.1 Å². The van der Waals surface area contributed by atoms with E-state index in [0.717, 1.165) is 0 Å². The molecule has 0 saturated carbocycles. The lowest BCUT2D eigenvalue weighted by molar-refractivity contribution is 0.972. The fourth-order valence-electron chi connectivity index (χ4n) is 10.8. The minimum absolute atomic E-state index is 0.0365. The second-order valence-corrected chi connectivity index (χ2v) is 30.0. The van der Waals surface area contributed by atoms with Crippen LogP contribution in [0, 0.1) is 27.7 Å². The Hall–Kier alpha value is -5.69. The van der Waals surface area contributed by atoms with Gasteiger partial charge in [-0.3, -0.25) is 0 Å². The highest BCUT2D eigenvalue weighted by atomic mass is 28.4. The molecule has 1 aliphatic carbocycles. The average Bonchev–Trinajstić information content (AvgIpc) is 3.55. The molecule has 0 fully saturated rings. The van der Waals surface area contributed by atoms with Crippen LogP contribution in [0.2, 0.25) is 39.3 Å². The van der Waals surface area contributed by atoms with Crippen LogP contribution in [0.1, 0.15) is 33.4 Å². The molecule has 0 aromatic heterocycles. The van der Waals surface area contributed by atoms with Crippen molar-refractivity contribution in [1.29, 1.82) is 0 Å². The van der Waals surface area contributed by atoms with E-state index in [0.29, 0.717) is 0 Å². The second-order valence-electron chi connectivity index (χ2n) is 19.0. The second kappa shape index (κ2) is 14.3. The standard InChI is InChI=1S/C55H56N2Si2/c1-37-21-23-39(3)51(33-37)56(43-17-13-11-14-18-43)45-27-31-47-41(35-45)25-29-49-50-30-26-42-36-46(57(44-19-15-12-16-20-44)52-34-38(2)22-24-40(52)4)28-32-48(42)54(50)55(53(47)49,58(5,6)7)59(8,9)10/h11-36H,1-10H3. The first-order chi connectivity index (χ1) is 28.2. The van der Waals surface area contributed by atoms with Crippen molar-refractivity contribution in [2.24, 2.45) is 0 Å². The Labute approximate surface area is 353 Å². The Balaban J connectivity index is 1.27. The third-order valence-corrected chi connectivity index (χ3v) is 23.1. The van der Waals surface area contributed by atoms with Gasteiger partial charge in [-0.1, -0.05) is 136 Å². The Bertz CT molecular complexity index is 2700. The van der Waals surface area contributed by atoms with Crippen molar-refractivity contribution in [1.82, 2.24) is 0 Å². The lowest BCUT2D eigenvalue weighted by Gasteiger charge is -2.52. The maximum absolute atomic E-state index is 2.64. The summed E-state index contributed by atoms with van der Waals surface area (Å²) in [5, 5.41) is 5.41. The van der Waals surface area contributed by atoms with E-state index in [1.807, 2.05) is 0 Å². The van der Waals surface area contributed by atoms with Gasteiger partial charge in [-0.25, -0.2) is 0 Å². The third-order valence-electron chi connectivity index (χ3n) is 13.1. The topological polar surface area (TPSA) is 6.48 Å². The average molecular weight is 801 g/mol. The first-order valence-corrected chi connectivity index (χ1v) is 28.2. The molecule has 0 spiro atoms. The molecule has 0 unspecified atom stereocenters. The van der Waals surface area contributed by atoms with E-state index in [2.05, 4.69) is 235 Å². The summed E-state index contributed by atoms with van der Waals surface area (Å²) in [6.45, 7) is 24.7. The van der Waals surface area contributed by atoms with Gasteiger partial charge in [0.25, 0.3) is 0 Å². The summed E-state index contributed by atoms with van der Waals surface area (Å²) in [4.78, 5) is 4.88. The van der Waals surface area contributed by atoms with Crippen LogP contribution in [-0.2, 0) is 4.66 Å². The number of benzene rings is 8. The van der Waals surface area contributed by atoms with Crippen molar-refractivity contribution < 1.29 is 0 Å². The molecular formula is C55H56N2Si2. The fraction of sp³-hybridized carbons (Fsp3) is 0.200. The summed E-state index contributed by atoms with van der Waals surface area (Å²) in [7, 11) is -4.03. The highest BCUT2D eigenvalue weighted by Crippen LogP contribution is 2.61. The van der Waals surface area contributed by atoms with Gasteiger partial charge in [0.1, 0.15) is 0 Å². The van der Waals surface area contributed by atoms with E-state index in [1.165, 1.54) is 89.0 Å². The Morgan fingerprint density at radius 1 is 0.373 bits per heavy atom. The van der Waals surface area contributed by atoms with Crippen LogP contribution in [0.3, 0.4) is 0 Å². The van der Waals surface area contributed by atoms with Crippen molar-refractivity contribution in [3.05, 3.63) is 191 Å². The summed E-state index contributed by atoms with van der Waals surface area (Å²) in [5.41, 5.74) is 18.2. The first kappa shape index (κ1) is 38.8. The summed E-state index contributed by atoms with van der Waals surface area (Å²) >= 11 is 0. The van der Waals surface area contributed by atoms with Gasteiger partial charge in [0.15, 0.2) is 0 Å². The minimum Gasteiger partial charge on any atom is -0.310 e. The lowest BCUT2D eigenvalue weighted by Crippen LogP contribution is -2.63. The van der Waals surface area contributed by atoms with Crippen LogP contribution in [0.5, 0.6) is 0 Å². The van der Waals surface area contributed by atoms with Gasteiger partial charge in [-0.15, -0.1) is 0 Å². The van der Waals surface area contributed by atoms with Gasteiger partial charge in [0, 0.05) is 38.8 Å². The molecule has 0 amide bonds. The van der Waals surface area contributed by atoms with E-state index in [-0.39, 0.29) is 4.66 Å². The molecule has 294 valence electrons. The minimum atomic E-state index is -2.01. The molecule has 59 heavy (non-hydrogen) atoms. The number of aryl methyl sites for hydroxylation is 4. The van der Waals surface area contributed by atoms with Crippen molar-refractivity contribution in [3.63, 3.8) is 0 Å². The highest BCUT2D eigenvalue weighted by Gasteiger charge is 2.60. The van der Waals surface area contributed by atoms with Crippen LogP contribution in [0.4, 0.5) is 34.1 Å². The molecule has 0 aliphatic heterocycles. The normalized spacial score (nSPS) is 13.4. The Morgan fingerprint density at radius 3 is 1.14 bits per heavy atom. The predicted molar refractivity (Wildman–Crippen MR) is 263 cm³/mol. The predicted octanol–water partition coefficient (Wildman–Crippen LogP) is 16.2.